The highest BCUT2D eigenvalue weighted by Gasteiger charge is 2.15. The topological polar surface area (TPSA) is 83.6 Å². The van der Waals surface area contributed by atoms with Crippen molar-refractivity contribution in [3.05, 3.63) is 47.5 Å². The molecule has 0 saturated heterocycles. The average molecular weight is 374 g/mol. The Morgan fingerprint density at radius 2 is 1.89 bits per heavy atom. The van der Waals surface area contributed by atoms with Gasteiger partial charge < -0.3 is 20.3 Å². The SMILES string of the molecule is COc1cc(C)nc(C)c1NCC(=O)N(C)CC(=O)Nc1ccc(F)cc1. The van der Waals surface area contributed by atoms with Gasteiger partial charge in [-0.1, -0.05) is 0 Å². The van der Waals surface area contributed by atoms with Crippen LogP contribution in [0, 0.1) is 19.7 Å². The summed E-state index contributed by atoms with van der Waals surface area (Å²) < 4.78 is 18.2. The van der Waals surface area contributed by atoms with E-state index in [9.17, 15) is 14.0 Å². The second-order valence-corrected chi connectivity index (χ2v) is 6.08. The number of aryl methyl sites for hydroxylation is 2. The Hall–Kier alpha value is -3.16. The van der Waals surface area contributed by atoms with Gasteiger partial charge in [-0.15, -0.1) is 0 Å². The lowest BCUT2D eigenvalue weighted by molar-refractivity contribution is -0.131. The quantitative estimate of drug-likeness (QED) is 0.777. The number of nitrogens with zero attached hydrogens (tertiary/aromatic N) is 2. The minimum atomic E-state index is -0.386. The van der Waals surface area contributed by atoms with Crippen molar-refractivity contribution in [2.75, 3.05) is 37.9 Å². The number of carbonyl (C=O) groups is 2. The van der Waals surface area contributed by atoms with Gasteiger partial charge in [0.1, 0.15) is 11.6 Å². The van der Waals surface area contributed by atoms with Crippen molar-refractivity contribution in [3.8, 4) is 5.75 Å². The van der Waals surface area contributed by atoms with Crippen molar-refractivity contribution in [1.82, 2.24) is 9.88 Å². The maximum Gasteiger partial charge on any atom is 0.243 e. The number of ether oxygens (including phenoxy) is 1. The van der Waals surface area contributed by atoms with E-state index < -0.39 is 0 Å². The molecule has 1 heterocycles. The third kappa shape index (κ3) is 5.67. The Morgan fingerprint density at radius 1 is 1.22 bits per heavy atom. The lowest BCUT2D eigenvalue weighted by Gasteiger charge is -2.19. The number of likely N-dealkylation sites (N-methyl/N-ethyl adjacent to an activating group) is 1. The number of amides is 2. The number of pyridine rings is 1. The molecule has 0 bridgehead atoms. The number of methoxy groups -OCH3 is 1. The Kier molecular flexibility index (Phi) is 6.70. The predicted molar refractivity (Wildman–Crippen MR) is 101 cm³/mol. The van der Waals surface area contributed by atoms with Crippen LogP contribution in [-0.4, -0.2) is 48.9 Å². The molecule has 7 nitrogen and oxygen atoms in total. The van der Waals surface area contributed by atoms with Gasteiger partial charge in [0.2, 0.25) is 11.8 Å². The summed E-state index contributed by atoms with van der Waals surface area (Å²) in [5, 5.41) is 5.63. The molecule has 8 heteroatoms. The first-order valence-corrected chi connectivity index (χ1v) is 8.35. The van der Waals surface area contributed by atoms with Crippen molar-refractivity contribution in [1.29, 1.82) is 0 Å². The van der Waals surface area contributed by atoms with Crippen molar-refractivity contribution >= 4 is 23.2 Å². The Bertz CT molecular complexity index is 824. The Morgan fingerprint density at radius 3 is 2.52 bits per heavy atom. The number of carbonyl (C=O) groups excluding carboxylic acids is 2. The monoisotopic (exact) mass is 374 g/mol. The van der Waals surface area contributed by atoms with Crippen LogP contribution in [-0.2, 0) is 9.59 Å². The number of rotatable bonds is 7. The van der Waals surface area contributed by atoms with Crippen LogP contribution in [0.4, 0.5) is 15.8 Å². The second-order valence-electron chi connectivity index (χ2n) is 6.08. The number of benzene rings is 1. The zero-order valence-electron chi connectivity index (χ0n) is 15.8. The fourth-order valence-corrected chi connectivity index (χ4v) is 2.51. The zero-order valence-corrected chi connectivity index (χ0v) is 15.8. The largest absolute Gasteiger partial charge is 0.494 e. The predicted octanol–water partition coefficient (Wildman–Crippen LogP) is 2.36. The minimum Gasteiger partial charge on any atom is -0.494 e. The first kappa shape index (κ1) is 20.2. The molecule has 0 atom stereocenters. The fraction of sp³-hybridized carbons (Fsp3) is 0.316. The molecule has 0 aliphatic rings. The molecule has 0 aliphatic carbocycles. The van der Waals surface area contributed by atoms with Crippen LogP contribution in [0.1, 0.15) is 11.4 Å². The molecular weight excluding hydrogens is 351 g/mol. The molecule has 2 N–H and O–H groups in total. The standard InChI is InChI=1S/C19H23FN4O3/c1-12-9-16(27-4)19(13(2)22-12)21-10-18(26)24(3)11-17(25)23-15-7-5-14(20)6-8-15/h5-9,21H,10-11H2,1-4H3,(H,23,25). The highest BCUT2D eigenvalue weighted by Crippen LogP contribution is 2.27. The maximum absolute atomic E-state index is 12.9. The summed E-state index contributed by atoms with van der Waals surface area (Å²) in [6.45, 7) is 3.54. The molecule has 27 heavy (non-hydrogen) atoms. The van der Waals surface area contributed by atoms with E-state index in [1.807, 2.05) is 13.8 Å². The molecule has 0 radical (unpaired) electrons. The van der Waals surface area contributed by atoms with Gasteiger partial charge in [0, 0.05) is 24.5 Å². The summed E-state index contributed by atoms with van der Waals surface area (Å²) in [7, 11) is 3.08. The van der Waals surface area contributed by atoms with E-state index in [1.165, 1.54) is 36.2 Å². The smallest absolute Gasteiger partial charge is 0.243 e. The molecule has 2 aromatic rings. The summed E-state index contributed by atoms with van der Waals surface area (Å²) in [6, 6.07) is 7.19. The summed E-state index contributed by atoms with van der Waals surface area (Å²) in [6.07, 6.45) is 0. The highest BCUT2D eigenvalue weighted by atomic mass is 19.1. The van der Waals surface area contributed by atoms with Crippen molar-refractivity contribution in [2.45, 2.75) is 13.8 Å². The number of hydrogen-bond donors (Lipinski definition) is 2. The van der Waals surface area contributed by atoms with E-state index in [4.69, 9.17) is 4.74 Å². The van der Waals surface area contributed by atoms with E-state index in [0.29, 0.717) is 17.1 Å². The van der Waals surface area contributed by atoms with Crippen LogP contribution >= 0.6 is 0 Å². The first-order valence-electron chi connectivity index (χ1n) is 8.35. The lowest BCUT2D eigenvalue weighted by atomic mass is 10.2. The molecule has 1 aromatic carbocycles. The van der Waals surface area contributed by atoms with E-state index in [2.05, 4.69) is 15.6 Å². The molecule has 0 aliphatic heterocycles. The molecule has 2 amide bonds. The number of nitrogens with one attached hydrogen (secondary N) is 2. The summed E-state index contributed by atoms with van der Waals surface area (Å²) in [5.41, 5.74) is 2.64. The van der Waals surface area contributed by atoms with Crippen LogP contribution in [0.3, 0.4) is 0 Å². The van der Waals surface area contributed by atoms with E-state index in [-0.39, 0.29) is 30.7 Å². The molecule has 144 valence electrons. The van der Waals surface area contributed by atoms with Crippen LogP contribution in [0.5, 0.6) is 5.75 Å². The summed E-state index contributed by atoms with van der Waals surface area (Å²) in [4.78, 5) is 30.0. The molecule has 1 aromatic heterocycles. The van der Waals surface area contributed by atoms with Gasteiger partial charge in [-0.3, -0.25) is 14.6 Å². The Labute approximate surface area is 157 Å². The number of aromatic nitrogens is 1. The normalized spacial score (nSPS) is 10.3. The third-order valence-corrected chi connectivity index (χ3v) is 3.86. The number of anilines is 2. The summed E-state index contributed by atoms with van der Waals surface area (Å²) >= 11 is 0. The molecule has 0 fully saturated rings. The van der Waals surface area contributed by atoms with Gasteiger partial charge in [-0.2, -0.15) is 0 Å². The van der Waals surface area contributed by atoms with Gasteiger partial charge >= 0.3 is 0 Å². The number of hydrogen-bond acceptors (Lipinski definition) is 5. The van der Waals surface area contributed by atoms with Gasteiger partial charge in [-0.25, -0.2) is 4.39 Å². The molecular formula is C19H23FN4O3. The van der Waals surface area contributed by atoms with Gasteiger partial charge in [0.15, 0.2) is 0 Å². The van der Waals surface area contributed by atoms with Crippen LogP contribution in [0.2, 0.25) is 0 Å². The highest BCUT2D eigenvalue weighted by molar-refractivity contribution is 5.95. The molecule has 0 spiro atoms. The maximum atomic E-state index is 12.9. The average Bonchev–Trinajstić information content (AvgIpc) is 2.61. The van der Waals surface area contributed by atoms with E-state index in [0.717, 1.165) is 11.4 Å². The van der Waals surface area contributed by atoms with Gasteiger partial charge in [0.05, 0.1) is 31.6 Å². The van der Waals surface area contributed by atoms with Gasteiger partial charge in [-0.05, 0) is 38.1 Å². The second kappa shape index (κ2) is 8.98. The summed E-state index contributed by atoms with van der Waals surface area (Å²) in [5.74, 6) is -0.429. The van der Waals surface area contributed by atoms with Crippen LogP contribution < -0.4 is 15.4 Å². The lowest BCUT2D eigenvalue weighted by Crippen LogP contribution is -2.38. The molecule has 2 rings (SSSR count). The first-order chi connectivity index (χ1) is 12.8. The van der Waals surface area contributed by atoms with Crippen LogP contribution in [0.15, 0.2) is 30.3 Å². The third-order valence-electron chi connectivity index (χ3n) is 3.86. The van der Waals surface area contributed by atoms with Gasteiger partial charge in [0.25, 0.3) is 0 Å². The Balaban J connectivity index is 1.90. The van der Waals surface area contributed by atoms with Crippen molar-refractivity contribution < 1.29 is 18.7 Å². The van der Waals surface area contributed by atoms with Crippen molar-refractivity contribution in [3.63, 3.8) is 0 Å². The molecule has 0 saturated carbocycles. The van der Waals surface area contributed by atoms with E-state index in [1.54, 1.807) is 13.2 Å². The van der Waals surface area contributed by atoms with Crippen LogP contribution in [0.25, 0.3) is 0 Å². The van der Waals surface area contributed by atoms with Crippen molar-refractivity contribution in [2.24, 2.45) is 0 Å². The zero-order chi connectivity index (χ0) is 20.0. The van der Waals surface area contributed by atoms with E-state index >= 15 is 0 Å². The molecule has 0 unspecified atom stereocenters. The minimum absolute atomic E-state index is 0.0116. The number of halogens is 1. The fourth-order valence-electron chi connectivity index (χ4n) is 2.51.